The molecule has 1 atom stereocenters. The third-order valence-corrected chi connectivity index (χ3v) is 2.91. The third-order valence-electron chi connectivity index (χ3n) is 2.45. The summed E-state index contributed by atoms with van der Waals surface area (Å²) in [4.78, 5) is 0.329. The van der Waals surface area contributed by atoms with E-state index in [1.165, 1.54) is 0 Å². The molecule has 0 saturated carbocycles. The largest absolute Gasteiger partial charge is 0.389 e. The lowest BCUT2D eigenvalue weighted by atomic mass is 10.1. The standard InChI is InChI=1S/C12H17ClN2O2S/c1-16-7-9(17-2)6-15-11-5-8(13)3-4-10(11)12(14)18/h3-5,9,15H,6-7H2,1-2H3,(H2,14,18). The number of thiocarbonyl (C=S) groups is 1. The van der Waals surface area contributed by atoms with Gasteiger partial charge in [0, 0.05) is 37.0 Å². The maximum atomic E-state index is 5.95. The Kier molecular flexibility index (Phi) is 6.35. The van der Waals surface area contributed by atoms with E-state index >= 15 is 0 Å². The summed E-state index contributed by atoms with van der Waals surface area (Å²) in [6.45, 7) is 1.09. The van der Waals surface area contributed by atoms with E-state index in [1.807, 2.05) is 0 Å². The van der Waals surface area contributed by atoms with Gasteiger partial charge in [0.25, 0.3) is 0 Å². The van der Waals surface area contributed by atoms with E-state index in [2.05, 4.69) is 5.32 Å². The lowest BCUT2D eigenvalue weighted by molar-refractivity contribution is 0.0365. The smallest absolute Gasteiger partial charge is 0.106 e. The first-order valence-electron chi connectivity index (χ1n) is 5.43. The van der Waals surface area contributed by atoms with Crippen molar-refractivity contribution in [3.63, 3.8) is 0 Å². The second-order valence-corrected chi connectivity index (χ2v) is 4.62. The molecule has 0 saturated heterocycles. The van der Waals surface area contributed by atoms with Crippen LogP contribution in [0.1, 0.15) is 5.56 Å². The number of rotatable bonds is 7. The van der Waals surface area contributed by atoms with Crippen LogP contribution < -0.4 is 11.1 Å². The van der Waals surface area contributed by atoms with Crippen molar-refractivity contribution < 1.29 is 9.47 Å². The van der Waals surface area contributed by atoms with Crippen LogP contribution in [0.2, 0.25) is 5.02 Å². The molecule has 100 valence electrons. The van der Waals surface area contributed by atoms with Gasteiger partial charge in [-0.1, -0.05) is 23.8 Å². The molecule has 0 aliphatic carbocycles. The van der Waals surface area contributed by atoms with E-state index < -0.39 is 0 Å². The summed E-state index contributed by atoms with van der Waals surface area (Å²) in [5.41, 5.74) is 7.22. The number of nitrogens with two attached hydrogens (primary N) is 1. The summed E-state index contributed by atoms with van der Waals surface area (Å²) < 4.78 is 10.3. The molecule has 0 aliphatic heterocycles. The van der Waals surface area contributed by atoms with Crippen molar-refractivity contribution >= 4 is 34.5 Å². The number of benzene rings is 1. The van der Waals surface area contributed by atoms with Crippen LogP contribution in [-0.4, -0.2) is 38.5 Å². The van der Waals surface area contributed by atoms with Crippen LogP contribution in [0.3, 0.4) is 0 Å². The van der Waals surface area contributed by atoms with E-state index in [4.69, 9.17) is 39.0 Å². The Morgan fingerprint density at radius 2 is 2.22 bits per heavy atom. The molecule has 0 amide bonds. The van der Waals surface area contributed by atoms with Gasteiger partial charge in [-0.15, -0.1) is 0 Å². The molecule has 1 aromatic rings. The van der Waals surface area contributed by atoms with Gasteiger partial charge in [-0.05, 0) is 18.2 Å². The topological polar surface area (TPSA) is 56.5 Å². The van der Waals surface area contributed by atoms with Crippen molar-refractivity contribution in [3.8, 4) is 0 Å². The fourth-order valence-corrected chi connectivity index (χ4v) is 1.85. The monoisotopic (exact) mass is 288 g/mol. The van der Waals surface area contributed by atoms with Gasteiger partial charge in [-0.2, -0.15) is 0 Å². The number of hydrogen-bond donors (Lipinski definition) is 2. The summed E-state index contributed by atoms with van der Waals surface area (Å²) in [7, 11) is 3.27. The second kappa shape index (κ2) is 7.53. The number of anilines is 1. The maximum Gasteiger partial charge on any atom is 0.106 e. The minimum atomic E-state index is -0.0480. The fraction of sp³-hybridized carbons (Fsp3) is 0.417. The van der Waals surface area contributed by atoms with Gasteiger partial charge in [-0.3, -0.25) is 0 Å². The van der Waals surface area contributed by atoms with Crippen molar-refractivity contribution in [3.05, 3.63) is 28.8 Å². The van der Waals surface area contributed by atoms with Gasteiger partial charge < -0.3 is 20.5 Å². The van der Waals surface area contributed by atoms with Crippen LogP contribution >= 0.6 is 23.8 Å². The minimum Gasteiger partial charge on any atom is -0.389 e. The minimum absolute atomic E-state index is 0.0480. The predicted molar refractivity (Wildman–Crippen MR) is 78.5 cm³/mol. The highest BCUT2D eigenvalue weighted by Gasteiger charge is 2.10. The lowest BCUT2D eigenvalue weighted by Crippen LogP contribution is -2.27. The molecular weight excluding hydrogens is 272 g/mol. The van der Waals surface area contributed by atoms with Crippen LogP contribution in [-0.2, 0) is 9.47 Å². The number of hydrogen-bond acceptors (Lipinski definition) is 4. The van der Waals surface area contributed by atoms with E-state index in [9.17, 15) is 0 Å². The summed E-state index contributed by atoms with van der Waals surface area (Å²) in [6.07, 6.45) is -0.0480. The molecule has 0 radical (unpaired) electrons. The molecule has 0 bridgehead atoms. The molecule has 0 fully saturated rings. The first kappa shape index (κ1) is 15.2. The average Bonchev–Trinajstić information content (AvgIpc) is 2.34. The molecule has 6 heteroatoms. The van der Waals surface area contributed by atoms with Crippen molar-refractivity contribution in [2.45, 2.75) is 6.10 Å². The number of nitrogens with one attached hydrogen (secondary N) is 1. The molecule has 4 nitrogen and oxygen atoms in total. The van der Waals surface area contributed by atoms with Crippen molar-refractivity contribution in [1.29, 1.82) is 0 Å². The SMILES string of the molecule is COCC(CNc1cc(Cl)ccc1C(N)=S)OC. The zero-order chi connectivity index (χ0) is 13.5. The Bertz CT molecular complexity index is 415. The van der Waals surface area contributed by atoms with Crippen LogP contribution in [0.15, 0.2) is 18.2 Å². The van der Waals surface area contributed by atoms with Gasteiger partial charge in [0.15, 0.2) is 0 Å². The molecule has 1 rings (SSSR count). The van der Waals surface area contributed by atoms with Gasteiger partial charge in [0.1, 0.15) is 4.99 Å². The van der Waals surface area contributed by atoms with Crippen molar-refractivity contribution in [2.75, 3.05) is 32.7 Å². The zero-order valence-corrected chi connectivity index (χ0v) is 12.0. The highest BCUT2D eigenvalue weighted by Crippen LogP contribution is 2.21. The Balaban J connectivity index is 2.76. The predicted octanol–water partition coefficient (Wildman–Crippen LogP) is 2.05. The van der Waals surface area contributed by atoms with Gasteiger partial charge >= 0.3 is 0 Å². The molecule has 0 aliphatic rings. The Morgan fingerprint density at radius 1 is 1.50 bits per heavy atom. The van der Waals surface area contributed by atoms with Crippen LogP contribution in [0.4, 0.5) is 5.69 Å². The molecule has 0 spiro atoms. The molecular formula is C12H17ClN2O2S. The zero-order valence-electron chi connectivity index (χ0n) is 10.4. The normalized spacial score (nSPS) is 12.2. The van der Waals surface area contributed by atoms with Crippen LogP contribution in [0, 0.1) is 0 Å². The van der Waals surface area contributed by atoms with Crippen molar-refractivity contribution in [1.82, 2.24) is 0 Å². The van der Waals surface area contributed by atoms with E-state index in [0.29, 0.717) is 23.2 Å². The third kappa shape index (κ3) is 4.42. The van der Waals surface area contributed by atoms with E-state index in [0.717, 1.165) is 11.3 Å². The Labute approximate surface area is 117 Å². The highest BCUT2D eigenvalue weighted by molar-refractivity contribution is 7.80. The Hall–Kier alpha value is -0.880. The maximum absolute atomic E-state index is 5.95. The average molecular weight is 289 g/mol. The summed E-state index contributed by atoms with van der Waals surface area (Å²) in [5, 5.41) is 3.84. The fourth-order valence-electron chi connectivity index (χ4n) is 1.50. The molecule has 18 heavy (non-hydrogen) atoms. The molecule has 1 unspecified atom stereocenters. The second-order valence-electron chi connectivity index (χ2n) is 3.75. The van der Waals surface area contributed by atoms with Gasteiger partial charge in [-0.25, -0.2) is 0 Å². The first-order valence-corrected chi connectivity index (χ1v) is 6.22. The van der Waals surface area contributed by atoms with Crippen molar-refractivity contribution in [2.24, 2.45) is 5.73 Å². The number of ether oxygens (including phenoxy) is 2. The first-order chi connectivity index (χ1) is 8.58. The number of methoxy groups -OCH3 is 2. The molecule has 0 aromatic heterocycles. The van der Waals surface area contributed by atoms with Crippen LogP contribution in [0.25, 0.3) is 0 Å². The molecule has 1 aromatic carbocycles. The van der Waals surface area contributed by atoms with Gasteiger partial charge in [0.2, 0.25) is 0 Å². The molecule has 0 heterocycles. The lowest BCUT2D eigenvalue weighted by Gasteiger charge is -2.17. The summed E-state index contributed by atoms with van der Waals surface area (Å²) >= 11 is 10.9. The Morgan fingerprint density at radius 3 is 2.78 bits per heavy atom. The summed E-state index contributed by atoms with van der Waals surface area (Å²) in [5.74, 6) is 0. The van der Waals surface area contributed by atoms with Crippen LogP contribution in [0.5, 0.6) is 0 Å². The van der Waals surface area contributed by atoms with E-state index in [1.54, 1.807) is 32.4 Å². The highest BCUT2D eigenvalue weighted by atomic mass is 35.5. The van der Waals surface area contributed by atoms with E-state index in [-0.39, 0.29) is 6.10 Å². The molecule has 3 N–H and O–H groups in total. The summed E-state index contributed by atoms with van der Waals surface area (Å²) in [6, 6.07) is 5.34. The quantitative estimate of drug-likeness (QED) is 0.752. The van der Waals surface area contributed by atoms with Gasteiger partial charge in [0.05, 0.1) is 12.7 Å². The number of halogens is 1.